The van der Waals surface area contributed by atoms with Gasteiger partial charge >= 0.3 is 0 Å². The van der Waals surface area contributed by atoms with Crippen molar-refractivity contribution in [2.75, 3.05) is 6.54 Å². The normalized spacial score (nSPS) is 17.6. The van der Waals surface area contributed by atoms with E-state index in [0.29, 0.717) is 28.4 Å². The zero-order valence-electron chi connectivity index (χ0n) is 14.7. The van der Waals surface area contributed by atoms with Crippen LogP contribution in [0.3, 0.4) is 0 Å². The van der Waals surface area contributed by atoms with E-state index in [1.165, 1.54) is 31.7 Å². The number of aromatic nitrogens is 2. The van der Waals surface area contributed by atoms with Gasteiger partial charge in [0.2, 0.25) is 0 Å². The van der Waals surface area contributed by atoms with Gasteiger partial charge < -0.3 is 9.47 Å². The topological polar surface area (TPSA) is 38.1 Å². The molecule has 1 heterocycles. The van der Waals surface area contributed by atoms with Crippen molar-refractivity contribution in [3.8, 4) is 0 Å². The summed E-state index contributed by atoms with van der Waals surface area (Å²) in [5.41, 5.74) is 0.384. The van der Waals surface area contributed by atoms with E-state index in [-0.39, 0.29) is 18.3 Å². The van der Waals surface area contributed by atoms with Crippen molar-refractivity contribution in [1.29, 1.82) is 0 Å². The first kappa shape index (κ1) is 17.5. The van der Waals surface area contributed by atoms with Crippen LogP contribution in [0.25, 0.3) is 0 Å². The van der Waals surface area contributed by atoms with Crippen LogP contribution >= 0.6 is 11.6 Å². The quantitative estimate of drug-likeness (QED) is 0.744. The molecule has 0 N–H and O–H groups in total. The second-order valence-electron chi connectivity index (χ2n) is 7.42. The van der Waals surface area contributed by atoms with Crippen molar-refractivity contribution >= 4 is 17.5 Å². The van der Waals surface area contributed by atoms with Crippen molar-refractivity contribution in [2.24, 2.45) is 5.92 Å². The lowest BCUT2D eigenvalue weighted by Gasteiger charge is -2.25. The molecular formula is C20H23ClFN3O. The van der Waals surface area contributed by atoms with E-state index >= 15 is 0 Å². The molecule has 0 unspecified atom stereocenters. The van der Waals surface area contributed by atoms with Gasteiger partial charge in [-0.1, -0.05) is 30.5 Å². The Kier molecular flexibility index (Phi) is 4.98. The Morgan fingerprint density at radius 1 is 1.27 bits per heavy atom. The standard InChI is InChI=1S/C20H23ClFN3O/c21-17-6-3-7-18(22)16(17)13-24-11-10-23-19(24)20(26)25(15-8-9-15)12-14-4-1-2-5-14/h3,6-7,10-11,14-15H,1-2,4-5,8-9,12-13H2. The molecular weight excluding hydrogens is 353 g/mol. The maximum atomic E-state index is 14.1. The van der Waals surface area contributed by atoms with Crippen molar-refractivity contribution in [1.82, 2.24) is 14.5 Å². The summed E-state index contributed by atoms with van der Waals surface area (Å²) >= 11 is 6.15. The molecule has 0 spiro atoms. The van der Waals surface area contributed by atoms with E-state index in [0.717, 1.165) is 19.4 Å². The molecule has 2 aliphatic carbocycles. The minimum atomic E-state index is -0.366. The second kappa shape index (κ2) is 7.39. The van der Waals surface area contributed by atoms with Crippen LogP contribution in [0.1, 0.15) is 54.7 Å². The molecule has 4 rings (SSSR count). The van der Waals surface area contributed by atoms with Crippen LogP contribution in [0.2, 0.25) is 5.02 Å². The van der Waals surface area contributed by atoms with Crippen LogP contribution in [0.4, 0.5) is 4.39 Å². The van der Waals surface area contributed by atoms with Crippen LogP contribution in [-0.4, -0.2) is 32.9 Å². The molecule has 2 fully saturated rings. The first-order chi connectivity index (χ1) is 12.6. The number of carbonyl (C=O) groups excluding carboxylic acids is 1. The zero-order valence-corrected chi connectivity index (χ0v) is 15.5. The number of hydrogen-bond donors (Lipinski definition) is 0. The largest absolute Gasteiger partial charge is 0.333 e. The number of halogens is 2. The number of nitrogens with zero attached hydrogens (tertiary/aromatic N) is 3. The first-order valence-corrected chi connectivity index (χ1v) is 9.76. The molecule has 0 radical (unpaired) electrons. The number of hydrogen-bond acceptors (Lipinski definition) is 2. The van der Waals surface area contributed by atoms with E-state index in [2.05, 4.69) is 4.98 Å². The van der Waals surface area contributed by atoms with Gasteiger partial charge in [-0.05, 0) is 43.7 Å². The fourth-order valence-corrected chi connectivity index (χ4v) is 4.09. The second-order valence-corrected chi connectivity index (χ2v) is 7.83. The van der Waals surface area contributed by atoms with Crippen LogP contribution in [-0.2, 0) is 6.54 Å². The van der Waals surface area contributed by atoms with E-state index in [4.69, 9.17) is 11.6 Å². The Labute approximate surface area is 158 Å². The predicted octanol–water partition coefficient (Wildman–Crippen LogP) is 4.52. The molecule has 0 saturated heterocycles. The lowest BCUT2D eigenvalue weighted by atomic mass is 10.1. The Hall–Kier alpha value is -1.88. The molecule has 4 nitrogen and oxygen atoms in total. The summed E-state index contributed by atoms with van der Waals surface area (Å²) in [7, 11) is 0. The summed E-state index contributed by atoms with van der Waals surface area (Å²) in [5, 5.41) is 0.363. The Balaban J connectivity index is 1.55. The SMILES string of the molecule is O=C(c1nccn1Cc1c(F)cccc1Cl)N(CC1CCCC1)C1CC1. The highest BCUT2D eigenvalue weighted by Gasteiger charge is 2.36. The maximum Gasteiger partial charge on any atom is 0.290 e. The summed E-state index contributed by atoms with van der Waals surface area (Å²) in [5.74, 6) is 0.560. The van der Waals surface area contributed by atoms with Crippen LogP contribution < -0.4 is 0 Å². The van der Waals surface area contributed by atoms with Crippen molar-refractivity contribution in [3.05, 3.63) is 52.8 Å². The monoisotopic (exact) mass is 375 g/mol. The van der Waals surface area contributed by atoms with Crippen molar-refractivity contribution in [3.63, 3.8) is 0 Å². The van der Waals surface area contributed by atoms with Gasteiger partial charge in [-0.25, -0.2) is 9.37 Å². The summed E-state index contributed by atoms with van der Waals surface area (Å²) in [6, 6.07) is 4.97. The molecule has 0 bridgehead atoms. The number of carbonyl (C=O) groups is 1. The third-order valence-corrected chi connectivity index (χ3v) is 5.83. The molecule has 138 valence electrons. The minimum absolute atomic E-state index is 0.0446. The molecule has 1 aromatic carbocycles. The minimum Gasteiger partial charge on any atom is -0.333 e. The molecule has 26 heavy (non-hydrogen) atoms. The van der Waals surface area contributed by atoms with Gasteiger partial charge in [-0.3, -0.25) is 4.79 Å². The molecule has 6 heteroatoms. The smallest absolute Gasteiger partial charge is 0.290 e. The fraction of sp³-hybridized carbons (Fsp3) is 0.500. The highest BCUT2D eigenvalue weighted by molar-refractivity contribution is 6.31. The fourth-order valence-electron chi connectivity index (χ4n) is 3.87. The average molecular weight is 376 g/mol. The number of rotatable bonds is 6. The lowest BCUT2D eigenvalue weighted by Crippen LogP contribution is -2.38. The summed E-state index contributed by atoms with van der Waals surface area (Å²) in [4.78, 5) is 19.5. The Morgan fingerprint density at radius 2 is 2.04 bits per heavy atom. The number of benzene rings is 1. The highest BCUT2D eigenvalue weighted by Crippen LogP contribution is 2.33. The lowest BCUT2D eigenvalue weighted by molar-refractivity contribution is 0.0698. The van der Waals surface area contributed by atoms with Gasteiger partial charge in [0, 0.05) is 35.6 Å². The molecule has 1 aromatic heterocycles. The highest BCUT2D eigenvalue weighted by atomic mass is 35.5. The van der Waals surface area contributed by atoms with Crippen LogP contribution in [0, 0.1) is 11.7 Å². The maximum absolute atomic E-state index is 14.1. The van der Waals surface area contributed by atoms with E-state index in [1.54, 1.807) is 29.1 Å². The molecule has 2 aromatic rings. The molecule has 2 saturated carbocycles. The number of amides is 1. The predicted molar refractivity (Wildman–Crippen MR) is 98.8 cm³/mol. The van der Waals surface area contributed by atoms with E-state index in [1.807, 2.05) is 4.90 Å². The van der Waals surface area contributed by atoms with Gasteiger partial charge in [0.25, 0.3) is 5.91 Å². The van der Waals surface area contributed by atoms with Gasteiger partial charge in [0.05, 0.1) is 6.54 Å². The molecule has 0 aliphatic heterocycles. The van der Waals surface area contributed by atoms with E-state index in [9.17, 15) is 9.18 Å². The average Bonchev–Trinajstić information content (AvgIpc) is 3.14. The Morgan fingerprint density at radius 3 is 2.73 bits per heavy atom. The summed E-state index contributed by atoms with van der Waals surface area (Å²) in [6.45, 7) is 1.02. The molecule has 0 atom stereocenters. The van der Waals surface area contributed by atoms with Gasteiger partial charge in [-0.2, -0.15) is 0 Å². The van der Waals surface area contributed by atoms with Gasteiger partial charge in [0.15, 0.2) is 5.82 Å². The van der Waals surface area contributed by atoms with Crippen molar-refractivity contribution < 1.29 is 9.18 Å². The van der Waals surface area contributed by atoms with Crippen molar-refractivity contribution in [2.45, 2.75) is 51.1 Å². The number of imidazole rings is 1. The third kappa shape index (κ3) is 3.63. The molecule has 2 aliphatic rings. The van der Waals surface area contributed by atoms with Gasteiger partial charge in [-0.15, -0.1) is 0 Å². The van der Waals surface area contributed by atoms with Crippen LogP contribution in [0.15, 0.2) is 30.6 Å². The zero-order chi connectivity index (χ0) is 18.1. The first-order valence-electron chi connectivity index (χ1n) is 9.38. The molecule has 1 amide bonds. The van der Waals surface area contributed by atoms with E-state index < -0.39 is 0 Å². The summed E-state index contributed by atoms with van der Waals surface area (Å²) < 4.78 is 15.8. The van der Waals surface area contributed by atoms with Crippen LogP contribution in [0.5, 0.6) is 0 Å². The Bertz CT molecular complexity index is 776. The summed E-state index contributed by atoms with van der Waals surface area (Å²) in [6.07, 6.45) is 10.4. The third-order valence-electron chi connectivity index (χ3n) is 5.48. The van der Waals surface area contributed by atoms with Gasteiger partial charge in [0.1, 0.15) is 5.82 Å².